The Labute approximate surface area is 143 Å². The summed E-state index contributed by atoms with van der Waals surface area (Å²) < 4.78 is 1.90. The number of para-hydroxylation sites is 1. The number of fused-ring (bicyclic) bond motifs is 1. The first kappa shape index (κ1) is 15.7. The van der Waals surface area contributed by atoms with Crippen LogP contribution in [0.4, 0.5) is 11.9 Å². The van der Waals surface area contributed by atoms with Gasteiger partial charge in [-0.2, -0.15) is 4.98 Å². The second kappa shape index (κ2) is 6.93. The van der Waals surface area contributed by atoms with Gasteiger partial charge in [-0.25, -0.2) is 15.0 Å². The molecule has 0 fully saturated rings. The number of hydrogen-bond donors (Lipinski definition) is 2. The van der Waals surface area contributed by atoms with Gasteiger partial charge in [-0.1, -0.05) is 29.8 Å². The Morgan fingerprint density at radius 1 is 0.833 bits per heavy atom. The van der Waals surface area contributed by atoms with Crippen molar-refractivity contribution in [1.29, 1.82) is 0 Å². The lowest BCUT2D eigenvalue weighted by Crippen LogP contribution is -2.00. The minimum absolute atomic E-state index is 0.247. The molecule has 0 atom stereocenters. The Morgan fingerprint density at radius 2 is 1.54 bits per heavy atom. The Balaban J connectivity index is 0.000000203. The molecule has 24 heavy (non-hydrogen) atoms. The summed E-state index contributed by atoms with van der Waals surface area (Å²) in [5.74, 6) is 1.28. The van der Waals surface area contributed by atoms with E-state index >= 15 is 0 Å². The average Bonchev–Trinajstić information content (AvgIpc) is 2.94. The molecule has 4 N–H and O–H groups in total. The fraction of sp³-hybridized carbons (Fsp3) is 0. The van der Waals surface area contributed by atoms with Crippen LogP contribution in [0.3, 0.4) is 0 Å². The summed E-state index contributed by atoms with van der Waals surface area (Å²) in [4.78, 5) is 15.3. The number of nitrogens with zero attached hydrogens (tertiary/aromatic N) is 5. The molecule has 0 radical (unpaired) electrons. The fourth-order valence-corrected chi connectivity index (χ4v) is 2.39. The topological polar surface area (TPSA) is 109 Å². The van der Waals surface area contributed by atoms with Gasteiger partial charge in [0.1, 0.15) is 5.82 Å². The molecule has 7 nitrogen and oxygen atoms in total. The van der Waals surface area contributed by atoms with Gasteiger partial charge in [0, 0.05) is 30.2 Å². The van der Waals surface area contributed by atoms with Crippen LogP contribution in [0.1, 0.15) is 0 Å². The molecule has 120 valence electrons. The van der Waals surface area contributed by atoms with E-state index in [2.05, 4.69) is 19.9 Å². The molecule has 4 rings (SSSR count). The highest BCUT2D eigenvalue weighted by atomic mass is 35.5. The van der Waals surface area contributed by atoms with Crippen molar-refractivity contribution >= 4 is 34.4 Å². The van der Waals surface area contributed by atoms with Gasteiger partial charge in [0.2, 0.25) is 11.9 Å². The predicted octanol–water partition coefficient (Wildman–Crippen LogP) is 2.71. The van der Waals surface area contributed by atoms with Crippen LogP contribution in [-0.2, 0) is 0 Å². The highest BCUT2D eigenvalue weighted by Gasteiger charge is 2.08. The first-order chi connectivity index (χ1) is 11.6. The summed E-state index contributed by atoms with van der Waals surface area (Å²) in [7, 11) is 0. The maximum atomic E-state index is 6.17. The second-order valence-corrected chi connectivity index (χ2v) is 5.15. The zero-order valence-electron chi connectivity index (χ0n) is 12.5. The van der Waals surface area contributed by atoms with Crippen LogP contribution < -0.4 is 11.5 Å². The third kappa shape index (κ3) is 3.41. The van der Waals surface area contributed by atoms with Crippen molar-refractivity contribution < 1.29 is 0 Å². The van der Waals surface area contributed by atoms with E-state index in [0.717, 1.165) is 10.9 Å². The van der Waals surface area contributed by atoms with Crippen LogP contribution in [0.5, 0.6) is 0 Å². The van der Waals surface area contributed by atoms with Gasteiger partial charge in [0.05, 0.1) is 10.5 Å². The summed E-state index contributed by atoms with van der Waals surface area (Å²) in [5.41, 5.74) is 11.7. The van der Waals surface area contributed by atoms with Crippen LogP contribution in [-0.4, -0.2) is 24.5 Å². The van der Waals surface area contributed by atoms with Gasteiger partial charge in [0.15, 0.2) is 0 Å². The van der Waals surface area contributed by atoms with Crippen molar-refractivity contribution in [3.05, 3.63) is 66.2 Å². The molecule has 3 heterocycles. The SMILES string of the molecule is Nc1nccc(-n2cc(Cl)c3ccccc32)n1.Nc1ncccn1. The monoisotopic (exact) mass is 339 g/mol. The number of nitrogen functional groups attached to an aromatic ring is 2. The van der Waals surface area contributed by atoms with Gasteiger partial charge in [-0.3, -0.25) is 4.57 Å². The normalized spacial score (nSPS) is 10.2. The summed E-state index contributed by atoms with van der Waals surface area (Å²) in [5, 5.41) is 1.68. The van der Waals surface area contributed by atoms with Crippen molar-refractivity contribution in [2.45, 2.75) is 0 Å². The predicted molar refractivity (Wildman–Crippen MR) is 94.7 cm³/mol. The maximum Gasteiger partial charge on any atom is 0.221 e. The minimum atomic E-state index is 0.247. The molecule has 1 aromatic carbocycles. The Morgan fingerprint density at radius 3 is 2.21 bits per heavy atom. The molecule has 0 unspecified atom stereocenters. The van der Waals surface area contributed by atoms with Gasteiger partial charge >= 0.3 is 0 Å². The minimum Gasteiger partial charge on any atom is -0.368 e. The largest absolute Gasteiger partial charge is 0.368 e. The van der Waals surface area contributed by atoms with Crippen LogP contribution >= 0.6 is 11.6 Å². The molecule has 0 aliphatic rings. The van der Waals surface area contributed by atoms with E-state index < -0.39 is 0 Å². The Hall–Kier alpha value is -3.19. The van der Waals surface area contributed by atoms with Gasteiger partial charge in [-0.05, 0) is 18.2 Å². The quantitative estimate of drug-likeness (QED) is 0.552. The zero-order valence-corrected chi connectivity index (χ0v) is 13.3. The molecule has 4 aromatic rings. The Kier molecular flexibility index (Phi) is 4.53. The number of halogens is 1. The summed E-state index contributed by atoms with van der Waals surface area (Å²) in [6.07, 6.45) is 6.65. The molecule has 0 aliphatic heterocycles. The van der Waals surface area contributed by atoms with E-state index in [-0.39, 0.29) is 5.95 Å². The van der Waals surface area contributed by atoms with Crippen LogP contribution in [0.2, 0.25) is 5.02 Å². The molecule has 0 amide bonds. The van der Waals surface area contributed by atoms with Gasteiger partial charge in [-0.15, -0.1) is 0 Å². The third-order valence-corrected chi connectivity index (χ3v) is 3.46. The maximum absolute atomic E-state index is 6.17. The molecular weight excluding hydrogens is 326 g/mol. The van der Waals surface area contributed by atoms with Gasteiger partial charge in [0.25, 0.3) is 0 Å². The number of anilines is 2. The zero-order chi connectivity index (χ0) is 16.9. The van der Waals surface area contributed by atoms with Crippen molar-refractivity contribution in [2.24, 2.45) is 0 Å². The number of hydrogen-bond acceptors (Lipinski definition) is 6. The molecule has 0 bridgehead atoms. The molecule has 0 saturated heterocycles. The van der Waals surface area contributed by atoms with Crippen LogP contribution in [0.15, 0.2) is 61.2 Å². The molecule has 0 aliphatic carbocycles. The molecule has 3 aromatic heterocycles. The van der Waals surface area contributed by atoms with Crippen molar-refractivity contribution in [1.82, 2.24) is 24.5 Å². The Bertz CT molecular complexity index is 953. The van der Waals surface area contributed by atoms with Gasteiger partial charge < -0.3 is 11.5 Å². The standard InChI is InChI=1S/C12H9ClN4.C4H5N3/c13-9-7-17(10-4-2-1-3-8(9)10)11-5-6-15-12(14)16-11;5-4-6-2-1-3-7-4/h1-7H,(H2,14,15,16);1-3H,(H2,5,6,7). The van der Waals surface area contributed by atoms with E-state index in [1.807, 2.05) is 35.0 Å². The first-order valence-electron chi connectivity index (χ1n) is 7.02. The fourth-order valence-electron chi connectivity index (χ4n) is 2.14. The first-order valence-corrected chi connectivity index (χ1v) is 7.40. The lowest BCUT2D eigenvalue weighted by molar-refractivity contribution is 1.02. The van der Waals surface area contributed by atoms with E-state index in [1.165, 1.54) is 0 Å². The van der Waals surface area contributed by atoms with E-state index in [1.54, 1.807) is 30.7 Å². The molecule has 8 heteroatoms. The van der Waals surface area contributed by atoms with Crippen molar-refractivity contribution in [3.63, 3.8) is 0 Å². The molecule has 0 saturated carbocycles. The highest BCUT2D eigenvalue weighted by Crippen LogP contribution is 2.27. The smallest absolute Gasteiger partial charge is 0.221 e. The third-order valence-electron chi connectivity index (χ3n) is 3.16. The highest BCUT2D eigenvalue weighted by molar-refractivity contribution is 6.35. The van der Waals surface area contributed by atoms with E-state index in [9.17, 15) is 0 Å². The van der Waals surface area contributed by atoms with E-state index in [4.69, 9.17) is 23.1 Å². The number of rotatable bonds is 1. The average molecular weight is 340 g/mol. The summed E-state index contributed by atoms with van der Waals surface area (Å²) in [6.45, 7) is 0. The second-order valence-electron chi connectivity index (χ2n) is 4.74. The molecular formula is C16H14ClN7. The van der Waals surface area contributed by atoms with Crippen LogP contribution in [0, 0.1) is 0 Å². The van der Waals surface area contributed by atoms with E-state index in [0.29, 0.717) is 16.8 Å². The van der Waals surface area contributed by atoms with Crippen LogP contribution in [0.25, 0.3) is 16.7 Å². The lowest BCUT2D eigenvalue weighted by Gasteiger charge is -2.03. The molecule has 0 spiro atoms. The summed E-state index contributed by atoms with van der Waals surface area (Å²) in [6, 6.07) is 11.4. The number of aromatic nitrogens is 5. The number of benzene rings is 1. The lowest BCUT2D eigenvalue weighted by atomic mass is 10.2. The number of nitrogens with two attached hydrogens (primary N) is 2. The van der Waals surface area contributed by atoms with Crippen molar-refractivity contribution in [3.8, 4) is 5.82 Å². The summed E-state index contributed by atoms with van der Waals surface area (Å²) >= 11 is 6.17. The van der Waals surface area contributed by atoms with Crippen molar-refractivity contribution in [2.75, 3.05) is 11.5 Å².